The number of rotatable bonds is 8. The summed E-state index contributed by atoms with van der Waals surface area (Å²) >= 11 is 0. The first-order valence-corrected chi connectivity index (χ1v) is 11.6. The Kier molecular flexibility index (Phi) is 6.38. The molecule has 35 heavy (non-hydrogen) atoms. The number of nitrogens with two attached hydrogens (primary N) is 1. The van der Waals surface area contributed by atoms with Crippen molar-refractivity contribution in [2.45, 2.75) is 13.0 Å². The normalized spacial score (nSPS) is 18.7. The molecule has 5 rings (SSSR count). The zero-order chi connectivity index (χ0) is 24.2. The van der Waals surface area contributed by atoms with Crippen LogP contribution in [0.5, 0.6) is 5.75 Å². The van der Waals surface area contributed by atoms with Gasteiger partial charge in [-0.3, -0.25) is 5.01 Å². The molecule has 1 aromatic heterocycles. The molecule has 2 atom stereocenters. The first kappa shape index (κ1) is 22.5. The third-order valence-corrected chi connectivity index (χ3v) is 6.26. The Balaban J connectivity index is 1.28. The first-order valence-electron chi connectivity index (χ1n) is 11.6. The average molecular weight is 463 g/mol. The summed E-state index contributed by atoms with van der Waals surface area (Å²) < 4.78 is 5.81. The minimum Gasteiger partial charge on any atom is -0.490 e. The Bertz CT molecular complexity index is 1340. The van der Waals surface area contributed by atoms with Crippen LogP contribution in [0.15, 0.2) is 90.5 Å². The Labute approximate surface area is 204 Å². The largest absolute Gasteiger partial charge is 0.490 e. The fourth-order valence-corrected chi connectivity index (χ4v) is 4.06. The van der Waals surface area contributed by atoms with Crippen molar-refractivity contribution in [1.29, 1.82) is 5.26 Å². The molecule has 2 unspecified atom stereocenters. The highest BCUT2D eigenvalue weighted by Gasteiger charge is 2.36. The Hall–Kier alpha value is -4.28. The molecule has 2 aliphatic rings. The molecule has 1 aliphatic carbocycles. The molecule has 0 amide bonds. The van der Waals surface area contributed by atoms with Crippen molar-refractivity contribution in [2.24, 2.45) is 22.7 Å². The van der Waals surface area contributed by atoms with Crippen molar-refractivity contribution in [3.63, 3.8) is 0 Å². The fourth-order valence-electron chi connectivity index (χ4n) is 4.06. The van der Waals surface area contributed by atoms with Gasteiger partial charge in [0.2, 0.25) is 0 Å². The van der Waals surface area contributed by atoms with Crippen LogP contribution in [0.25, 0.3) is 11.4 Å². The van der Waals surface area contributed by atoms with Crippen LogP contribution in [0.2, 0.25) is 0 Å². The molecule has 1 aliphatic heterocycles. The number of hydrogen-bond acceptors (Lipinski definition) is 7. The Morgan fingerprint density at radius 3 is 2.63 bits per heavy atom. The highest BCUT2D eigenvalue weighted by molar-refractivity contribution is 6.09. The van der Waals surface area contributed by atoms with Gasteiger partial charge in [-0.05, 0) is 60.7 Å². The number of benzene rings is 2. The summed E-state index contributed by atoms with van der Waals surface area (Å²) in [6, 6.07) is 17.7. The van der Waals surface area contributed by atoms with Crippen LogP contribution < -0.4 is 10.5 Å². The quantitative estimate of drug-likeness (QED) is 0.536. The van der Waals surface area contributed by atoms with E-state index in [1.807, 2.05) is 53.6 Å². The van der Waals surface area contributed by atoms with Gasteiger partial charge in [0.25, 0.3) is 0 Å². The zero-order valence-corrected chi connectivity index (χ0v) is 19.3. The third-order valence-electron chi connectivity index (χ3n) is 6.26. The van der Waals surface area contributed by atoms with E-state index < -0.39 is 0 Å². The number of ether oxygens (including phenoxy) is 1. The number of nitrogens with zero attached hydrogens (tertiary/aromatic N) is 5. The fraction of sp³-hybridized carbons (Fsp3) is 0.214. The van der Waals surface area contributed by atoms with Crippen molar-refractivity contribution in [3.05, 3.63) is 102 Å². The average Bonchev–Trinajstić information content (AvgIpc) is 3.68. The predicted octanol–water partition coefficient (Wildman–Crippen LogP) is 4.28. The molecule has 2 N–H and O–H groups in total. The standard InChI is InChI=1S/C28H26N6O/c1-19-8-9-27(22-6-2-4-20(10-22)13-29)33-34(19)17-21-5-3-7-23(11-21)28-31-15-26(16-32-28)35-18-25-12-24(25)14-30/h2-11,15-16,24-25H,1,12,14,17-18,30H2. The van der Waals surface area contributed by atoms with Gasteiger partial charge in [-0.25, -0.2) is 9.97 Å². The highest BCUT2D eigenvalue weighted by Crippen LogP contribution is 2.37. The summed E-state index contributed by atoms with van der Waals surface area (Å²) in [6.45, 7) is 6.06. The minimum absolute atomic E-state index is 0.545. The van der Waals surface area contributed by atoms with E-state index in [1.165, 1.54) is 0 Å². The maximum atomic E-state index is 9.20. The van der Waals surface area contributed by atoms with Gasteiger partial charge in [0.15, 0.2) is 11.6 Å². The molecule has 0 spiro atoms. The van der Waals surface area contributed by atoms with Crippen molar-refractivity contribution >= 4 is 5.71 Å². The predicted molar refractivity (Wildman–Crippen MR) is 135 cm³/mol. The van der Waals surface area contributed by atoms with E-state index in [4.69, 9.17) is 15.6 Å². The highest BCUT2D eigenvalue weighted by atomic mass is 16.5. The van der Waals surface area contributed by atoms with E-state index in [0.29, 0.717) is 42.1 Å². The molecule has 7 heteroatoms. The van der Waals surface area contributed by atoms with E-state index in [2.05, 4.69) is 28.7 Å². The molecule has 1 saturated carbocycles. The smallest absolute Gasteiger partial charge is 0.159 e. The molecule has 0 radical (unpaired) electrons. The molecule has 174 valence electrons. The molecular weight excluding hydrogens is 436 g/mol. The second-order valence-electron chi connectivity index (χ2n) is 8.81. The zero-order valence-electron chi connectivity index (χ0n) is 19.3. The maximum Gasteiger partial charge on any atom is 0.159 e. The van der Waals surface area contributed by atoms with Crippen LogP contribution in [0, 0.1) is 23.2 Å². The monoisotopic (exact) mass is 462 g/mol. The summed E-state index contributed by atoms with van der Waals surface area (Å²) in [5.41, 5.74) is 10.7. The van der Waals surface area contributed by atoms with Crippen LogP contribution in [0.3, 0.4) is 0 Å². The molecule has 0 saturated heterocycles. The number of aromatic nitrogens is 2. The SMILES string of the molecule is C=C1C=CC(c2cccc(C#N)c2)=NN1Cc1cccc(-c2ncc(OCC3CC3CN)cn2)c1. The topological polar surface area (TPSA) is 100 Å². The first-order chi connectivity index (χ1) is 17.1. The van der Waals surface area contributed by atoms with Crippen molar-refractivity contribution in [2.75, 3.05) is 13.2 Å². The van der Waals surface area contributed by atoms with Gasteiger partial charge in [0.1, 0.15) is 0 Å². The van der Waals surface area contributed by atoms with Gasteiger partial charge in [-0.2, -0.15) is 10.4 Å². The summed E-state index contributed by atoms with van der Waals surface area (Å²) in [6.07, 6.45) is 8.43. The molecular formula is C28H26N6O. The molecule has 3 aromatic rings. The van der Waals surface area contributed by atoms with Crippen LogP contribution in [0.1, 0.15) is 23.1 Å². The second kappa shape index (κ2) is 9.92. The van der Waals surface area contributed by atoms with Gasteiger partial charge in [-0.1, -0.05) is 36.9 Å². The molecule has 2 heterocycles. The lowest BCUT2D eigenvalue weighted by Crippen LogP contribution is -2.20. The molecule has 1 fully saturated rings. The van der Waals surface area contributed by atoms with Crippen molar-refractivity contribution < 1.29 is 4.74 Å². The van der Waals surface area contributed by atoms with E-state index in [0.717, 1.165) is 41.1 Å². The Morgan fingerprint density at radius 1 is 1.06 bits per heavy atom. The van der Waals surface area contributed by atoms with Gasteiger partial charge in [0.05, 0.1) is 48.6 Å². The van der Waals surface area contributed by atoms with E-state index in [-0.39, 0.29) is 0 Å². The molecule has 0 bridgehead atoms. The van der Waals surface area contributed by atoms with Gasteiger partial charge in [0, 0.05) is 11.1 Å². The van der Waals surface area contributed by atoms with Gasteiger partial charge < -0.3 is 10.5 Å². The minimum atomic E-state index is 0.545. The summed E-state index contributed by atoms with van der Waals surface area (Å²) in [4.78, 5) is 9.00. The van der Waals surface area contributed by atoms with Crippen LogP contribution in [0.4, 0.5) is 0 Å². The number of nitriles is 1. The van der Waals surface area contributed by atoms with Crippen LogP contribution in [-0.2, 0) is 6.54 Å². The van der Waals surface area contributed by atoms with Crippen molar-refractivity contribution in [3.8, 4) is 23.2 Å². The lowest BCUT2D eigenvalue weighted by atomic mass is 10.1. The number of hydrazone groups is 1. The summed E-state index contributed by atoms with van der Waals surface area (Å²) in [5, 5.41) is 15.8. The molecule has 2 aromatic carbocycles. The van der Waals surface area contributed by atoms with Crippen LogP contribution in [-0.4, -0.2) is 33.8 Å². The number of hydrogen-bond donors (Lipinski definition) is 1. The van der Waals surface area contributed by atoms with Crippen molar-refractivity contribution in [1.82, 2.24) is 15.0 Å². The van der Waals surface area contributed by atoms with E-state index in [1.54, 1.807) is 18.5 Å². The van der Waals surface area contributed by atoms with E-state index in [9.17, 15) is 5.26 Å². The lowest BCUT2D eigenvalue weighted by Gasteiger charge is -2.24. The summed E-state index contributed by atoms with van der Waals surface area (Å²) in [5.74, 6) is 2.45. The van der Waals surface area contributed by atoms with Crippen LogP contribution >= 0.6 is 0 Å². The third kappa shape index (κ3) is 5.29. The maximum absolute atomic E-state index is 9.20. The van der Waals surface area contributed by atoms with Gasteiger partial charge >= 0.3 is 0 Å². The van der Waals surface area contributed by atoms with Gasteiger partial charge in [-0.15, -0.1) is 0 Å². The lowest BCUT2D eigenvalue weighted by molar-refractivity contribution is 0.290. The molecule has 7 nitrogen and oxygen atoms in total. The van der Waals surface area contributed by atoms with E-state index >= 15 is 0 Å². The number of allylic oxidation sites excluding steroid dienone is 2. The Morgan fingerprint density at radius 2 is 1.86 bits per heavy atom. The summed E-state index contributed by atoms with van der Waals surface area (Å²) in [7, 11) is 0. The second-order valence-corrected chi connectivity index (χ2v) is 8.81.